The summed E-state index contributed by atoms with van der Waals surface area (Å²) in [5, 5.41) is 10.1. The van der Waals surface area contributed by atoms with Crippen LogP contribution in [-0.2, 0) is 0 Å². The number of hydrogen-bond acceptors (Lipinski definition) is 4. The maximum Gasteiger partial charge on any atom is 0.358 e. The Kier molecular flexibility index (Phi) is 3.23. The summed E-state index contributed by atoms with van der Waals surface area (Å²) >= 11 is 0. The summed E-state index contributed by atoms with van der Waals surface area (Å²) in [4.78, 5) is 19.4. The van der Waals surface area contributed by atoms with Gasteiger partial charge in [-0.05, 0) is 31.2 Å². The van der Waals surface area contributed by atoms with E-state index in [1.807, 2.05) is 37.3 Å². The Labute approximate surface area is 120 Å². The van der Waals surface area contributed by atoms with Crippen LogP contribution in [0.4, 0.5) is 0 Å². The molecule has 1 N–H and O–H groups in total. The lowest BCUT2D eigenvalue weighted by atomic mass is 10.2. The Morgan fingerprint density at radius 2 is 2.00 bits per heavy atom. The van der Waals surface area contributed by atoms with E-state index < -0.39 is 5.97 Å². The molecule has 0 bridgehead atoms. The molecule has 0 spiro atoms. The predicted octanol–water partition coefficient (Wildman–Crippen LogP) is 3.43. The average molecular weight is 280 g/mol. The van der Waals surface area contributed by atoms with Gasteiger partial charge in [-0.3, -0.25) is 0 Å². The van der Waals surface area contributed by atoms with E-state index in [4.69, 9.17) is 9.84 Å². The monoisotopic (exact) mass is 280 g/mol. The van der Waals surface area contributed by atoms with Gasteiger partial charge in [-0.15, -0.1) is 0 Å². The van der Waals surface area contributed by atoms with Crippen molar-refractivity contribution in [1.29, 1.82) is 0 Å². The molecule has 21 heavy (non-hydrogen) atoms. The van der Waals surface area contributed by atoms with E-state index in [9.17, 15) is 4.79 Å². The van der Waals surface area contributed by atoms with Crippen molar-refractivity contribution in [1.82, 2.24) is 9.97 Å². The maximum atomic E-state index is 11.1. The van der Waals surface area contributed by atoms with Gasteiger partial charge in [0.1, 0.15) is 0 Å². The Morgan fingerprint density at radius 1 is 1.19 bits per heavy atom. The number of carboxylic acids is 1. The highest BCUT2D eigenvalue weighted by atomic mass is 16.5. The van der Waals surface area contributed by atoms with Gasteiger partial charge in [-0.25, -0.2) is 14.8 Å². The number of nitrogens with zero attached hydrogens (tertiary/aromatic N) is 2. The normalized spacial score (nSPS) is 10.5. The SMILES string of the molecule is Cc1cc2ccccc2nc1Oc1cccnc1C(=O)O. The molecule has 0 aliphatic rings. The Hall–Kier alpha value is -2.95. The average Bonchev–Trinajstić information content (AvgIpc) is 2.48. The van der Waals surface area contributed by atoms with Crippen molar-refractivity contribution >= 4 is 16.9 Å². The Bertz CT molecular complexity index is 831. The maximum absolute atomic E-state index is 11.1. The van der Waals surface area contributed by atoms with Crippen LogP contribution in [0.25, 0.3) is 10.9 Å². The first kappa shape index (κ1) is 13.1. The smallest absolute Gasteiger partial charge is 0.358 e. The summed E-state index contributed by atoms with van der Waals surface area (Å²) in [6, 6.07) is 12.8. The van der Waals surface area contributed by atoms with Gasteiger partial charge in [0, 0.05) is 17.1 Å². The highest BCUT2D eigenvalue weighted by Gasteiger charge is 2.14. The highest BCUT2D eigenvalue weighted by Crippen LogP contribution is 2.27. The summed E-state index contributed by atoms with van der Waals surface area (Å²) in [5.41, 5.74) is 1.49. The van der Waals surface area contributed by atoms with E-state index in [1.165, 1.54) is 6.20 Å². The lowest BCUT2D eigenvalue weighted by Gasteiger charge is -2.10. The lowest BCUT2D eigenvalue weighted by molar-refractivity contribution is 0.0687. The third-order valence-electron chi connectivity index (χ3n) is 3.05. The minimum atomic E-state index is -1.14. The van der Waals surface area contributed by atoms with E-state index in [2.05, 4.69) is 9.97 Å². The molecule has 0 saturated heterocycles. The molecule has 2 aromatic heterocycles. The zero-order valence-corrected chi connectivity index (χ0v) is 11.3. The molecule has 0 aliphatic carbocycles. The number of aromatic carboxylic acids is 1. The number of carboxylic acid groups (broad SMARTS) is 1. The molecular weight excluding hydrogens is 268 g/mol. The van der Waals surface area contributed by atoms with Gasteiger partial charge in [0.25, 0.3) is 0 Å². The molecule has 0 amide bonds. The van der Waals surface area contributed by atoms with Gasteiger partial charge in [0.15, 0.2) is 11.4 Å². The number of para-hydroxylation sites is 1. The number of aryl methyl sites for hydroxylation is 1. The largest absolute Gasteiger partial charge is 0.476 e. The molecule has 3 rings (SSSR count). The number of fused-ring (bicyclic) bond motifs is 1. The lowest BCUT2D eigenvalue weighted by Crippen LogP contribution is -2.03. The molecule has 0 aliphatic heterocycles. The van der Waals surface area contributed by atoms with Crippen molar-refractivity contribution < 1.29 is 14.6 Å². The van der Waals surface area contributed by atoms with Gasteiger partial charge in [0.2, 0.25) is 5.88 Å². The van der Waals surface area contributed by atoms with Crippen LogP contribution < -0.4 is 4.74 Å². The Morgan fingerprint density at radius 3 is 2.81 bits per heavy atom. The fraction of sp³-hybridized carbons (Fsp3) is 0.0625. The first-order valence-corrected chi connectivity index (χ1v) is 6.38. The highest BCUT2D eigenvalue weighted by molar-refractivity contribution is 5.88. The van der Waals surface area contributed by atoms with Crippen LogP contribution in [0.5, 0.6) is 11.6 Å². The second-order valence-electron chi connectivity index (χ2n) is 4.56. The van der Waals surface area contributed by atoms with Gasteiger partial charge in [-0.1, -0.05) is 18.2 Å². The minimum absolute atomic E-state index is 0.133. The predicted molar refractivity (Wildman–Crippen MR) is 77.8 cm³/mol. The van der Waals surface area contributed by atoms with Crippen molar-refractivity contribution in [2.24, 2.45) is 0 Å². The van der Waals surface area contributed by atoms with E-state index in [-0.39, 0.29) is 11.4 Å². The number of aromatic nitrogens is 2. The molecule has 0 atom stereocenters. The zero-order valence-electron chi connectivity index (χ0n) is 11.3. The van der Waals surface area contributed by atoms with Crippen molar-refractivity contribution in [3.05, 3.63) is 59.9 Å². The zero-order chi connectivity index (χ0) is 14.8. The summed E-state index contributed by atoms with van der Waals surface area (Å²) in [6.45, 7) is 1.87. The summed E-state index contributed by atoms with van der Waals surface area (Å²) in [5.74, 6) is -0.580. The van der Waals surface area contributed by atoms with E-state index in [0.29, 0.717) is 5.88 Å². The van der Waals surface area contributed by atoms with E-state index >= 15 is 0 Å². The quantitative estimate of drug-likeness (QED) is 0.795. The minimum Gasteiger partial charge on any atom is -0.476 e. The van der Waals surface area contributed by atoms with Crippen LogP contribution in [0, 0.1) is 6.92 Å². The number of hydrogen-bond donors (Lipinski definition) is 1. The number of pyridine rings is 2. The van der Waals surface area contributed by atoms with Crippen LogP contribution in [0.1, 0.15) is 16.1 Å². The molecule has 0 fully saturated rings. The molecule has 104 valence electrons. The topological polar surface area (TPSA) is 72.3 Å². The third kappa shape index (κ3) is 2.53. The molecule has 0 saturated carbocycles. The van der Waals surface area contributed by atoms with Gasteiger partial charge >= 0.3 is 5.97 Å². The molecule has 0 unspecified atom stereocenters. The van der Waals surface area contributed by atoms with Crippen molar-refractivity contribution in [2.75, 3.05) is 0 Å². The van der Waals surface area contributed by atoms with Crippen LogP contribution in [-0.4, -0.2) is 21.0 Å². The fourth-order valence-corrected chi connectivity index (χ4v) is 2.04. The summed E-state index contributed by atoms with van der Waals surface area (Å²) < 4.78 is 5.66. The number of rotatable bonds is 3. The van der Waals surface area contributed by atoms with Crippen LogP contribution in [0.3, 0.4) is 0 Å². The van der Waals surface area contributed by atoms with Crippen LogP contribution in [0.2, 0.25) is 0 Å². The Balaban J connectivity index is 2.06. The standard InChI is InChI=1S/C16H12N2O3/c1-10-9-11-5-2-3-6-12(11)18-15(10)21-13-7-4-8-17-14(13)16(19)20/h2-9H,1H3,(H,19,20). The van der Waals surface area contributed by atoms with Crippen molar-refractivity contribution in [3.63, 3.8) is 0 Å². The second-order valence-corrected chi connectivity index (χ2v) is 4.56. The first-order chi connectivity index (χ1) is 10.1. The van der Waals surface area contributed by atoms with Crippen molar-refractivity contribution in [3.8, 4) is 11.6 Å². The van der Waals surface area contributed by atoms with Crippen LogP contribution in [0.15, 0.2) is 48.7 Å². The van der Waals surface area contributed by atoms with E-state index in [1.54, 1.807) is 12.1 Å². The molecule has 5 heteroatoms. The number of ether oxygens (including phenoxy) is 1. The van der Waals surface area contributed by atoms with Crippen LogP contribution >= 0.6 is 0 Å². The third-order valence-corrected chi connectivity index (χ3v) is 3.05. The molecule has 0 radical (unpaired) electrons. The molecular formula is C16H12N2O3. The molecule has 1 aromatic carbocycles. The molecule has 2 heterocycles. The summed E-state index contributed by atoms with van der Waals surface area (Å²) in [7, 11) is 0. The molecule has 5 nitrogen and oxygen atoms in total. The number of benzene rings is 1. The van der Waals surface area contributed by atoms with Gasteiger partial charge < -0.3 is 9.84 Å². The number of carbonyl (C=O) groups is 1. The van der Waals surface area contributed by atoms with Crippen molar-refractivity contribution in [2.45, 2.75) is 6.92 Å². The van der Waals surface area contributed by atoms with Gasteiger partial charge in [-0.2, -0.15) is 0 Å². The van der Waals surface area contributed by atoms with E-state index in [0.717, 1.165) is 16.5 Å². The first-order valence-electron chi connectivity index (χ1n) is 6.38. The summed E-state index contributed by atoms with van der Waals surface area (Å²) in [6.07, 6.45) is 1.41. The molecule has 3 aromatic rings. The second kappa shape index (κ2) is 5.20. The fourth-order valence-electron chi connectivity index (χ4n) is 2.04. The van der Waals surface area contributed by atoms with Gasteiger partial charge in [0.05, 0.1) is 5.52 Å².